The molecule has 0 aromatic heterocycles. The molecule has 9 heteroatoms. The number of nitrogens with zero attached hydrogens (tertiary/aromatic N) is 2. The van der Waals surface area contributed by atoms with Crippen LogP contribution in [0.4, 0.5) is 5.69 Å². The van der Waals surface area contributed by atoms with Crippen molar-refractivity contribution in [1.29, 1.82) is 0 Å². The predicted molar refractivity (Wildman–Crippen MR) is 185 cm³/mol. The highest BCUT2D eigenvalue weighted by Crippen LogP contribution is 2.27. The SMILES string of the molecule is CCCCNC(=O)[C@@H](Cc1ccccc1)N(Cc1ccc(Cl)cc1)C(=O)CN(c1ccc(C)c(C)c1)S(=O)(=O)c1ccc(C)cc1. The average molecular weight is 660 g/mol. The Balaban J connectivity index is 1.80. The molecule has 0 radical (unpaired) electrons. The van der Waals surface area contributed by atoms with Crippen LogP contribution in [-0.4, -0.2) is 44.3 Å². The van der Waals surface area contributed by atoms with Crippen molar-refractivity contribution >= 4 is 39.1 Å². The summed E-state index contributed by atoms with van der Waals surface area (Å²) in [4.78, 5) is 30.0. The number of carbonyl (C=O) groups is 2. The molecule has 1 N–H and O–H groups in total. The summed E-state index contributed by atoms with van der Waals surface area (Å²) >= 11 is 6.16. The maximum atomic E-state index is 14.6. The summed E-state index contributed by atoms with van der Waals surface area (Å²) in [6.45, 7) is 7.83. The summed E-state index contributed by atoms with van der Waals surface area (Å²) < 4.78 is 29.6. The van der Waals surface area contributed by atoms with Crippen LogP contribution >= 0.6 is 11.6 Å². The van der Waals surface area contributed by atoms with Gasteiger partial charge in [0.25, 0.3) is 10.0 Å². The molecule has 0 saturated heterocycles. The number of carbonyl (C=O) groups excluding carboxylic acids is 2. The molecule has 242 valence electrons. The van der Waals surface area contributed by atoms with Crippen LogP contribution in [0.5, 0.6) is 0 Å². The van der Waals surface area contributed by atoms with Gasteiger partial charge in [-0.2, -0.15) is 0 Å². The number of amides is 2. The topological polar surface area (TPSA) is 86.8 Å². The molecule has 0 aliphatic carbocycles. The van der Waals surface area contributed by atoms with Crippen molar-refractivity contribution in [2.45, 2.75) is 64.4 Å². The Morgan fingerprint density at radius 1 is 0.826 bits per heavy atom. The molecule has 7 nitrogen and oxygen atoms in total. The van der Waals surface area contributed by atoms with Crippen LogP contribution in [0.1, 0.15) is 47.6 Å². The number of hydrogen-bond acceptors (Lipinski definition) is 4. The molecule has 0 fully saturated rings. The quantitative estimate of drug-likeness (QED) is 0.148. The first-order valence-electron chi connectivity index (χ1n) is 15.5. The standard InChI is InChI=1S/C37H42ClN3O4S/c1-5-6-22-39-37(43)35(24-30-10-8-7-9-11-30)40(25-31-15-17-32(38)18-16-31)36(42)26-41(33-19-14-28(3)29(4)23-33)46(44,45)34-20-12-27(2)13-21-34/h7-21,23,35H,5-6,22,24-26H2,1-4H3,(H,39,43)/t35-/m1/s1. The number of hydrogen-bond donors (Lipinski definition) is 1. The van der Waals surface area contributed by atoms with E-state index in [4.69, 9.17) is 11.6 Å². The number of halogens is 1. The van der Waals surface area contributed by atoms with Crippen LogP contribution < -0.4 is 9.62 Å². The van der Waals surface area contributed by atoms with E-state index in [0.717, 1.165) is 45.0 Å². The lowest BCUT2D eigenvalue weighted by Gasteiger charge is -2.34. The van der Waals surface area contributed by atoms with Crippen molar-refractivity contribution in [3.8, 4) is 0 Å². The zero-order valence-electron chi connectivity index (χ0n) is 26.9. The molecular formula is C37H42ClN3O4S. The monoisotopic (exact) mass is 659 g/mol. The van der Waals surface area contributed by atoms with Crippen LogP contribution in [0.3, 0.4) is 0 Å². The second kappa shape index (κ2) is 15.9. The molecule has 0 aliphatic heterocycles. The van der Waals surface area contributed by atoms with Gasteiger partial charge in [-0.1, -0.05) is 91.2 Å². The molecule has 0 bridgehead atoms. The van der Waals surface area contributed by atoms with E-state index in [-0.39, 0.29) is 23.8 Å². The Hall–Kier alpha value is -4.14. The lowest BCUT2D eigenvalue weighted by molar-refractivity contribution is -0.140. The van der Waals surface area contributed by atoms with Gasteiger partial charge in [-0.3, -0.25) is 13.9 Å². The number of anilines is 1. The third kappa shape index (κ3) is 8.98. The van der Waals surface area contributed by atoms with Crippen molar-refractivity contribution < 1.29 is 18.0 Å². The van der Waals surface area contributed by atoms with E-state index in [1.807, 2.05) is 64.1 Å². The molecule has 0 unspecified atom stereocenters. The van der Waals surface area contributed by atoms with E-state index < -0.39 is 28.5 Å². The fraction of sp³-hybridized carbons (Fsp3) is 0.297. The smallest absolute Gasteiger partial charge is 0.264 e. The third-order valence-corrected chi connectivity index (χ3v) is 10.1. The number of aryl methyl sites for hydroxylation is 3. The number of unbranched alkanes of at least 4 members (excludes halogenated alkanes) is 1. The number of rotatable bonds is 14. The van der Waals surface area contributed by atoms with Gasteiger partial charge in [0.1, 0.15) is 12.6 Å². The van der Waals surface area contributed by atoms with Crippen molar-refractivity contribution in [1.82, 2.24) is 10.2 Å². The molecule has 0 spiro atoms. The van der Waals surface area contributed by atoms with Gasteiger partial charge >= 0.3 is 0 Å². The van der Waals surface area contributed by atoms with Crippen molar-refractivity contribution in [2.75, 3.05) is 17.4 Å². The number of sulfonamides is 1. The highest BCUT2D eigenvalue weighted by atomic mass is 35.5. The summed E-state index contributed by atoms with van der Waals surface area (Å²) in [6, 6.07) is 27.6. The van der Waals surface area contributed by atoms with Crippen LogP contribution in [0.2, 0.25) is 5.02 Å². The van der Waals surface area contributed by atoms with Crippen molar-refractivity contribution in [3.05, 3.63) is 130 Å². The van der Waals surface area contributed by atoms with E-state index in [0.29, 0.717) is 17.3 Å². The van der Waals surface area contributed by atoms with Crippen LogP contribution in [0.25, 0.3) is 0 Å². The highest BCUT2D eigenvalue weighted by molar-refractivity contribution is 7.92. The summed E-state index contributed by atoms with van der Waals surface area (Å²) in [6.07, 6.45) is 1.95. The fourth-order valence-corrected chi connectivity index (χ4v) is 6.63. The molecule has 4 aromatic rings. The Kier molecular flexibility index (Phi) is 12.0. The molecule has 46 heavy (non-hydrogen) atoms. The highest BCUT2D eigenvalue weighted by Gasteiger charge is 2.34. The summed E-state index contributed by atoms with van der Waals surface area (Å²) in [5.74, 6) is -0.797. The zero-order valence-corrected chi connectivity index (χ0v) is 28.4. The third-order valence-electron chi connectivity index (χ3n) is 8.03. The Morgan fingerprint density at radius 3 is 2.13 bits per heavy atom. The Bertz CT molecular complexity index is 1730. The predicted octanol–water partition coefficient (Wildman–Crippen LogP) is 7.02. The maximum Gasteiger partial charge on any atom is 0.264 e. The molecule has 4 aromatic carbocycles. The summed E-state index contributed by atoms with van der Waals surface area (Å²) in [5, 5.41) is 3.55. The molecule has 1 atom stereocenters. The largest absolute Gasteiger partial charge is 0.354 e. The minimum Gasteiger partial charge on any atom is -0.354 e. The minimum atomic E-state index is -4.16. The second-order valence-corrected chi connectivity index (χ2v) is 13.9. The lowest BCUT2D eigenvalue weighted by atomic mass is 10.0. The Labute approximate surface area is 278 Å². The van der Waals surface area contributed by atoms with E-state index in [1.54, 1.807) is 60.7 Å². The number of nitrogens with one attached hydrogen (secondary N) is 1. The first kappa shape index (κ1) is 34.7. The lowest BCUT2D eigenvalue weighted by Crippen LogP contribution is -2.53. The van der Waals surface area contributed by atoms with Gasteiger partial charge in [0.05, 0.1) is 10.6 Å². The van der Waals surface area contributed by atoms with Crippen LogP contribution in [-0.2, 0) is 32.6 Å². The van der Waals surface area contributed by atoms with Gasteiger partial charge in [0, 0.05) is 24.5 Å². The molecule has 0 heterocycles. The van der Waals surface area contributed by atoms with E-state index >= 15 is 0 Å². The van der Waals surface area contributed by atoms with Gasteiger partial charge in [0.2, 0.25) is 11.8 Å². The van der Waals surface area contributed by atoms with Gasteiger partial charge in [-0.15, -0.1) is 0 Å². The summed E-state index contributed by atoms with van der Waals surface area (Å²) in [7, 11) is -4.16. The van der Waals surface area contributed by atoms with Crippen molar-refractivity contribution in [2.24, 2.45) is 0 Å². The van der Waals surface area contributed by atoms with Crippen molar-refractivity contribution in [3.63, 3.8) is 0 Å². The van der Waals surface area contributed by atoms with Gasteiger partial charge in [-0.05, 0) is 85.8 Å². The average Bonchev–Trinajstić information content (AvgIpc) is 3.04. The minimum absolute atomic E-state index is 0.0755. The first-order chi connectivity index (χ1) is 22.0. The van der Waals surface area contributed by atoms with E-state index in [9.17, 15) is 18.0 Å². The fourth-order valence-electron chi connectivity index (χ4n) is 5.09. The molecular weight excluding hydrogens is 618 g/mol. The van der Waals surface area contributed by atoms with Gasteiger partial charge < -0.3 is 10.2 Å². The van der Waals surface area contributed by atoms with E-state index in [2.05, 4.69) is 5.32 Å². The normalized spacial score (nSPS) is 11.9. The zero-order chi connectivity index (χ0) is 33.3. The van der Waals surface area contributed by atoms with Gasteiger partial charge in [0.15, 0.2) is 0 Å². The molecule has 0 aliphatic rings. The summed E-state index contributed by atoms with van der Waals surface area (Å²) in [5.41, 5.74) is 4.82. The van der Waals surface area contributed by atoms with Crippen LogP contribution in [0.15, 0.2) is 102 Å². The number of benzene rings is 4. The van der Waals surface area contributed by atoms with Gasteiger partial charge in [-0.25, -0.2) is 8.42 Å². The molecule has 2 amide bonds. The molecule has 4 rings (SSSR count). The van der Waals surface area contributed by atoms with E-state index in [1.165, 1.54) is 4.90 Å². The first-order valence-corrected chi connectivity index (χ1v) is 17.3. The maximum absolute atomic E-state index is 14.6. The second-order valence-electron chi connectivity index (χ2n) is 11.6. The Morgan fingerprint density at radius 2 is 1.50 bits per heavy atom. The van der Waals surface area contributed by atoms with Crippen LogP contribution in [0, 0.1) is 20.8 Å². The molecule has 0 saturated carbocycles.